The van der Waals surface area contributed by atoms with E-state index in [-0.39, 0.29) is 90.8 Å². The predicted molar refractivity (Wildman–Crippen MR) is 12.7 cm³/mol. The Labute approximate surface area is 89.2 Å². The summed E-state index contributed by atoms with van der Waals surface area (Å²) in [6, 6.07) is 0. The Morgan fingerprint density at radius 2 is 1.25 bits per heavy atom. The van der Waals surface area contributed by atoms with Crippen LogP contribution < -0.4 is 70.2 Å². The molecule has 0 bridgehead atoms. The zero-order valence-corrected chi connectivity index (χ0v) is 6.24. The van der Waals surface area contributed by atoms with Gasteiger partial charge in [0.2, 0.25) is 0 Å². The van der Waals surface area contributed by atoms with Gasteiger partial charge in [0, 0.05) is 0 Å². The van der Waals surface area contributed by atoms with Crippen molar-refractivity contribution in [3.05, 3.63) is 0 Å². The summed E-state index contributed by atoms with van der Waals surface area (Å²) in [5.41, 5.74) is 0. The summed E-state index contributed by atoms with van der Waals surface area (Å²) in [7, 11) is 0. The molecule has 0 N–H and O–H groups in total. The summed E-state index contributed by atoms with van der Waals surface area (Å²) < 4.78 is 0. The van der Waals surface area contributed by atoms with Gasteiger partial charge in [0.15, 0.2) is 0 Å². The van der Waals surface area contributed by atoms with Gasteiger partial charge in [-0.15, -0.1) is 0 Å². The Morgan fingerprint density at radius 1 is 1.25 bits per heavy atom. The predicted octanol–water partition coefficient (Wildman–Crippen LogP) is -5.77. The van der Waals surface area contributed by atoms with Gasteiger partial charge >= 0.3 is 80.4 Å². The molecule has 0 aliphatic rings. The molecule has 0 amide bonds. The van der Waals surface area contributed by atoms with Gasteiger partial charge in [-0.1, -0.05) is 0 Å². The molecule has 0 radical (unpaired) electrons. The first-order valence-corrected chi connectivity index (χ1v) is 0. The van der Waals surface area contributed by atoms with Gasteiger partial charge in [-0.25, -0.2) is 0 Å². The topological polar surface area (TPSA) is 0 Å². The van der Waals surface area contributed by atoms with E-state index < -0.39 is 0 Å². The third-order valence-corrected chi connectivity index (χ3v) is 0. The van der Waals surface area contributed by atoms with Crippen LogP contribution in [-0.4, -0.2) is 10.1 Å². The second kappa shape index (κ2) is 18.4. The number of hydrogen-bond donors (Lipinski definition) is 0. The van der Waals surface area contributed by atoms with Gasteiger partial charge in [-0.3, -0.25) is 4.70 Å². The number of halogens is 1. The van der Waals surface area contributed by atoms with E-state index in [1.54, 1.807) is 0 Å². The van der Waals surface area contributed by atoms with Crippen LogP contribution in [0.1, 0.15) is 5.71 Å². The maximum Gasteiger partial charge on any atom is 2.00 e. The van der Waals surface area contributed by atoms with E-state index >= 15 is 0 Å². The van der Waals surface area contributed by atoms with Crippen molar-refractivity contribution >= 4 is 10.1 Å². The fourth-order valence-electron chi connectivity index (χ4n) is 0. The molecule has 4 heteroatoms. The van der Waals surface area contributed by atoms with Crippen molar-refractivity contribution in [2.75, 3.05) is 0 Å². The van der Waals surface area contributed by atoms with E-state index in [9.17, 15) is 0 Å². The van der Waals surface area contributed by atoms with Crippen LogP contribution in [0.3, 0.4) is 0 Å². The van der Waals surface area contributed by atoms with Crippen LogP contribution in [0, 0.1) is 0 Å². The molecular weight excluding hydrogens is 74.0 g/mol. The SMILES string of the molecule is F.[Be+2].[H-].[H-].[H-].[H-].[K+].[Li+]. The van der Waals surface area contributed by atoms with Gasteiger partial charge in [0.05, 0.1) is 0 Å². The summed E-state index contributed by atoms with van der Waals surface area (Å²) in [6.07, 6.45) is 0. The van der Waals surface area contributed by atoms with Crippen molar-refractivity contribution in [2.45, 2.75) is 0 Å². The number of rotatable bonds is 0. The minimum Gasteiger partial charge on any atom is -1.00 e. The molecule has 16 valence electrons. The van der Waals surface area contributed by atoms with Crippen molar-refractivity contribution in [1.82, 2.24) is 0 Å². The van der Waals surface area contributed by atoms with Crippen LogP contribution in [0.15, 0.2) is 0 Å². The zero-order chi connectivity index (χ0) is 0. The third kappa shape index (κ3) is 8.84. The van der Waals surface area contributed by atoms with Gasteiger partial charge in [-0.2, -0.15) is 0 Å². The van der Waals surface area contributed by atoms with E-state index in [4.69, 9.17) is 0 Å². The summed E-state index contributed by atoms with van der Waals surface area (Å²) in [6.45, 7) is 0. The van der Waals surface area contributed by atoms with E-state index in [1.165, 1.54) is 0 Å². The van der Waals surface area contributed by atoms with Crippen molar-refractivity contribution in [1.29, 1.82) is 0 Å². The van der Waals surface area contributed by atoms with Crippen LogP contribution in [0.5, 0.6) is 0 Å². The third-order valence-electron chi connectivity index (χ3n) is 0. The fraction of sp³-hybridized carbons (Fsp3) is 0. The monoisotopic (exact) mass is 79.0 g/mol. The maximum atomic E-state index is 0. The quantitative estimate of drug-likeness (QED) is 0.254. The maximum absolute atomic E-state index is 0. The second-order valence-corrected chi connectivity index (χ2v) is 0. The van der Waals surface area contributed by atoms with Gasteiger partial charge < -0.3 is 5.71 Å². The van der Waals surface area contributed by atoms with Crippen molar-refractivity contribution < 1.29 is 80.7 Å². The smallest absolute Gasteiger partial charge is 1.00 e. The van der Waals surface area contributed by atoms with Gasteiger partial charge in [-0.05, 0) is 0 Å². The second-order valence-electron chi connectivity index (χ2n) is 0. The molecule has 0 aromatic carbocycles. The van der Waals surface area contributed by atoms with Crippen LogP contribution in [0.2, 0.25) is 0 Å². The molecule has 0 saturated carbocycles. The van der Waals surface area contributed by atoms with Crippen LogP contribution in [0.25, 0.3) is 0 Å². The Morgan fingerprint density at radius 3 is 1.25 bits per heavy atom. The van der Waals surface area contributed by atoms with Gasteiger partial charge in [0.25, 0.3) is 0 Å². The summed E-state index contributed by atoms with van der Waals surface area (Å²) in [5, 5.41) is 0. The molecule has 0 atom stereocenters. The molecule has 0 aromatic heterocycles. The van der Waals surface area contributed by atoms with Crippen molar-refractivity contribution in [3.63, 3.8) is 0 Å². The first-order valence-electron chi connectivity index (χ1n) is 0. The summed E-state index contributed by atoms with van der Waals surface area (Å²) in [5.74, 6) is 0. The number of hydrogen-bond acceptors (Lipinski definition) is 0. The van der Waals surface area contributed by atoms with E-state index in [0.29, 0.717) is 0 Å². The molecule has 4 heavy (non-hydrogen) atoms. The molecule has 0 rings (SSSR count). The van der Waals surface area contributed by atoms with Crippen LogP contribution >= 0.6 is 0 Å². The Balaban J connectivity index is 0. The van der Waals surface area contributed by atoms with Crippen LogP contribution in [0.4, 0.5) is 4.70 Å². The molecule has 0 nitrogen and oxygen atoms in total. The Kier molecular flexibility index (Phi) is 152. The zero-order valence-electron chi connectivity index (χ0n) is 7.12. The average Bonchev–Trinajstić information content (AvgIpc) is 0. The first-order chi connectivity index (χ1) is 0. The summed E-state index contributed by atoms with van der Waals surface area (Å²) in [4.78, 5) is 0. The fourth-order valence-corrected chi connectivity index (χ4v) is 0. The van der Waals surface area contributed by atoms with Crippen molar-refractivity contribution in [2.24, 2.45) is 0 Å². The first kappa shape index (κ1) is 33.1. The normalized spacial score (nSPS) is 0. The molecule has 0 aromatic rings. The van der Waals surface area contributed by atoms with E-state index in [2.05, 4.69) is 0 Å². The molecule has 0 spiro atoms. The Hall–Kier alpha value is 2.33. The molecule has 0 aliphatic heterocycles. The average molecular weight is 79.1 g/mol. The summed E-state index contributed by atoms with van der Waals surface area (Å²) >= 11 is 0. The molecule has 0 saturated heterocycles. The molecule has 0 fully saturated rings. The van der Waals surface area contributed by atoms with E-state index in [0.717, 1.165) is 0 Å². The standard InChI is InChI=1S/Be.FH.K.Li.4H/h;1H;;;;;;/q+2;;2*+1;4*-1. The Bertz CT molecular complexity index is 16.0. The molecular formula is H5BeFKLi. The molecule has 0 heterocycles. The minimum absolute atomic E-state index is 0. The van der Waals surface area contributed by atoms with Gasteiger partial charge in [0.1, 0.15) is 0 Å². The molecule has 0 unspecified atom stereocenters. The largest absolute Gasteiger partial charge is 2.00 e. The van der Waals surface area contributed by atoms with E-state index in [1.807, 2.05) is 0 Å². The molecule has 0 aliphatic carbocycles. The van der Waals surface area contributed by atoms with Crippen LogP contribution in [-0.2, 0) is 0 Å². The minimum atomic E-state index is 0. The van der Waals surface area contributed by atoms with Crippen molar-refractivity contribution in [3.8, 4) is 0 Å².